The van der Waals surface area contributed by atoms with Gasteiger partial charge in [-0.25, -0.2) is 4.39 Å². The van der Waals surface area contributed by atoms with Crippen molar-refractivity contribution < 1.29 is 13.9 Å². The van der Waals surface area contributed by atoms with Crippen molar-refractivity contribution in [1.82, 2.24) is 0 Å². The van der Waals surface area contributed by atoms with Crippen molar-refractivity contribution in [3.05, 3.63) is 62.9 Å². The molecule has 0 amide bonds. The van der Waals surface area contributed by atoms with E-state index in [-0.39, 0.29) is 5.78 Å². The van der Waals surface area contributed by atoms with Gasteiger partial charge in [0.05, 0.1) is 12.7 Å². The van der Waals surface area contributed by atoms with Gasteiger partial charge in [0.2, 0.25) is 0 Å². The van der Waals surface area contributed by atoms with E-state index in [0.29, 0.717) is 21.3 Å². The summed E-state index contributed by atoms with van der Waals surface area (Å²) in [7, 11) is 1.53. The summed E-state index contributed by atoms with van der Waals surface area (Å²) in [5.41, 5.74) is 2.68. The Morgan fingerprint density at radius 1 is 1.20 bits per heavy atom. The summed E-state index contributed by atoms with van der Waals surface area (Å²) in [5, 5.41) is 0. The Balaban J connectivity index is 2.56. The van der Waals surface area contributed by atoms with Crippen molar-refractivity contribution in [3.8, 4) is 5.75 Å². The molecule has 0 spiro atoms. The van der Waals surface area contributed by atoms with E-state index in [0.717, 1.165) is 11.1 Å². The Bertz CT molecular complexity index is 660. The minimum absolute atomic E-state index is 0.259. The highest BCUT2D eigenvalue weighted by molar-refractivity contribution is 9.10. The van der Waals surface area contributed by atoms with Gasteiger partial charge in [0, 0.05) is 10.0 Å². The van der Waals surface area contributed by atoms with Crippen molar-refractivity contribution in [2.75, 3.05) is 7.11 Å². The molecule has 2 aromatic carbocycles. The number of rotatable bonds is 3. The highest BCUT2D eigenvalue weighted by Crippen LogP contribution is 2.29. The van der Waals surface area contributed by atoms with Gasteiger partial charge in [0.1, 0.15) is 11.6 Å². The molecule has 0 aliphatic heterocycles. The summed E-state index contributed by atoms with van der Waals surface area (Å²) in [6.45, 7) is 3.84. The highest BCUT2D eigenvalue weighted by Gasteiger charge is 2.18. The van der Waals surface area contributed by atoms with Crippen LogP contribution in [0.4, 0.5) is 4.39 Å². The summed E-state index contributed by atoms with van der Waals surface area (Å²) in [5.74, 6) is -0.175. The normalized spacial score (nSPS) is 10.4. The van der Waals surface area contributed by atoms with Gasteiger partial charge < -0.3 is 4.74 Å². The Kier molecular flexibility index (Phi) is 4.23. The monoisotopic (exact) mass is 336 g/mol. The molecule has 2 nitrogen and oxygen atoms in total. The van der Waals surface area contributed by atoms with Crippen LogP contribution in [0.25, 0.3) is 0 Å². The Hall–Kier alpha value is -1.68. The molecule has 0 aromatic heterocycles. The molecule has 0 aliphatic rings. The zero-order chi connectivity index (χ0) is 14.9. The molecule has 2 rings (SSSR count). The number of hydrogen-bond donors (Lipinski definition) is 0. The van der Waals surface area contributed by atoms with Crippen LogP contribution in [0.15, 0.2) is 34.8 Å². The molecular weight excluding hydrogens is 323 g/mol. The average Bonchev–Trinajstić information content (AvgIpc) is 2.39. The molecule has 4 heteroatoms. The maximum atomic E-state index is 13.4. The van der Waals surface area contributed by atoms with Crippen LogP contribution in [0.1, 0.15) is 27.0 Å². The predicted molar refractivity (Wildman–Crippen MR) is 80.0 cm³/mol. The standard InChI is InChI=1S/C16H14BrFO2/c1-9-4-5-14(16(20-3)10(9)2)15(19)11-6-12(17)8-13(18)7-11/h4-8H,1-3H3. The fourth-order valence-electron chi connectivity index (χ4n) is 2.07. The van der Waals surface area contributed by atoms with Gasteiger partial charge in [0.15, 0.2) is 5.78 Å². The number of carbonyl (C=O) groups excluding carboxylic acids is 1. The number of ether oxygens (including phenoxy) is 1. The predicted octanol–water partition coefficient (Wildman–Crippen LogP) is 4.44. The van der Waals surface area contributed by atoms with Crippen molar-refractivity contribution in [1.29, 1.82) is 0 Å². The van der Waals surface area contributed by atoms with Crippen LogP contribution in [-0.4, -0.2) is 12.9 Å². The summed E-state index contributed by atoms with van der Waals surface area (Å²) in [6.07, 6.45) is 0. The van der Waals surface area contributed by atoms with Gasteiger partial charge in [0.25, 0.3) is 0 Å². The minimum Gasteiger partial charge on any atom is -0.496 e. The lowest BCUT2D eigenvalue weighted by molar-refractivity contribution is 0.103. The van der Waals surface area contributed by atoms with E-state index in [1.54, 1.807) is 12.1 Å². The second kappa shape index (κ2) is 5.75. The van der Waals surface area contributed by atoms with E-state index in [9.17, 15) is 9.18 Å². The molecule has 0 N–H and O–H groups in total. The fourth-order valence-corrected chi connectivity index (χ4v) is 2.54. The molecule has 0 atom stereocenters. The molecule has 104 valence electrons. The van der Waals surface area contributed by atoms with Gasteiger partial charge >= 0.3 is 0 Å². The summed E-state index contributed by atoms with van der Waals surface area (Å²) >= 11 is 3.19. The van der Waals surface area contributed by atoms with Gasteiger partial charge in [-0.2, -0.15) is 0 Å². The van der Waals surface area contributed by atoms with Crippen LogP contribution in [0, 0.1) is 19.7 Å². The maximum absolute atomic E-state index is 13.4. The van der Waals surface area contributed by atoms with Gasteiger partial charge in [-0.1, -0.05) is 22.0 Å². The van der Waals surface area contributed by atoms with Crippen molar-refractivity contribution >= 4 is 21.7 Å². The van der Waals surface area contributed by atoms with Crippen LogP contribution >= 0.6 is 15.9 Å². The smallest absolute Gasteiger partial charge is 0.196 e. The quantitative estimate of drug-likeness (QED) is 0.774. The number of hydrogen-bond acceptors (Lipinski definition) is 2. The van der Waals surface area contributed by atoms with Crippen LogP contribution in [0.3, 0.4) is 0 Å². The van der Waals surface area contributed by atoms with Crippen LogP contribution in [0.5, 0.6) is 5.75 Å². The van der Waals surface area contributed by atoms with Crippen LogP contribution < -0.4 is 4.74 Å². The van der Waals surface area contributed by atoms with Crippen LogP contribution in [0.2, 0.25) is 0 Å². The third kappa shape index (κ3) is 2.75. The summed E-state index contributed by atoms with van der Waals surface area (Å²) in [4.78, 5) is 12.5. The average molecular weight is 337 g/mol. The lowest BCUT2D eigenvalue weighted by Crippen LogP contribution is -2.06. The molecule has 0 radical (unpaired) electrons. The number of aryl methyl sites for hydroxylation is 1. The number of carbonyl (C=O) groups is 1. The Morgan fingerprint density at radius 3 is 2.50 bits per heavy atom. The molecule has 0 unspecified atom stereocenters. The Morgan fingerprint density at radius 2 is 1.90 bits per heavy atom. The van der Waals surface area contributed by atoms with E-state index < -0.39 is 5.82 Å². The zero-order valence-corrected chi connectivity index (χ0v) is 13.0. The molecule has 0 bridgehead atoms. The van der Waals surface area contributed by atoms with Crippen molar-refractivity contribution in [2.45, 2.75) is 13.8 Å². The molecule has 0 saturated heterocycles. The molecular formula is C16H14BrFO2. The zero-order valence-electron chi connectivity index (χ0n) is 11.5. The van der Waals surface area contributed by atoms with Crippen molar-refractivity contribution in [2.24, 2.45) is 0 Å². The topological polar surface area (TPSA) is 26.3 Å². The van der Waals surface area contributed by atoms with Gasteiger partial charge in [-0.05, 0) is 49.2 Å². The van der Waals surface area contributed by atoms with E-state index >= 15 is 0 Å². The first-order valence-electron chi connectivity index (χ1n) is 6.09. The second-order valence-corrected chi connectivity index (χ2v) is 5.49. The lowest BCUT2D eigenvalue weighted by Gasteiger charge is -2.13. The van der Waals surface area contributed by atoms with Crippen LogP contribution in [-0.2, 0) is 0 Å². The van der Waals surface area contributed by atoms with E-state index in [1.165, 1.54) is 19.2 Å². The first-order chi connectivity index (χ1) is 9.43. The third-order valence-corrected chi connectivity index (χ3v) is 3.71. The summed E-state index contributed by atoms with van der Waals surface area (Å²) < 4.78 is 19.3. The molecule has 0 saturated carbocycles. The number of methoxy groups -OCH3 is 1. The second-order valence-electron chi connectivity index (χ2n) is 4.58. The van der Waals surface area contributed by atoms with E-state index in [4.69, 9.17) is 4.74 Å². The SMILES string of the molecule is COc1c(C(=O)c2cc(F)cc(Br)c2)ccc(C)c1C. The number of ketones is 1. The van der Waals surface area contributed by atoms with Gasteiger partial charge in [-0.15, -0.1) is 0 Å². The summed E-state index contributed by atoms with van der Waals surface area (Å²) in [6, 6.07) is 7.71. The maximum Gasteiger partial charge on any atom is 0.196 e. The Labute approximate surface area is 125 Å². The molecule has 2 aromatic rings. The van der Waals surface area contributed by atoms with Gasteiger partial charge in [-0.3, -0.25) is 4.79 Å². The fraction of sp³-hybridized carbons (Fsp3) is 0.188. The number of benzene rings is 2. The highest BCUT2D eigenvalue weighted by atomic mass is 79.9. The molecule has 0 aliphatic carbocycles. The minimum atomic E-state index is -0.453. The van der Waals surface area contributed by atoms with E-state index in [2.05, 4.69) is 15.9 Å². The number of halogens is 2. The third-order valence-electron chi connectivity index (χ3n) is 3.25. The largest absolute Gasteiger partial charge is 0.496 e. The molecule has 20 heavy (non-hydrogen) atoms. The molecule has 0 fully saturated rings. The van der Waals surface area contributed by atoms with Crippen molar-refractivity contribution in [3.63, 3.8) is 0 Å². The molecule has 0 heterocycles. The first-order valence-corrected chi connectivity index (χ1v) is 6.88. The first kappa shape index (κ1) is 14.7. The lowest BCUT2D eigenvalue weighted by atomic mass is 9.97. The van der Waals surface area contributed by atoms with E-state index in [1.807, 2.05) is 19.9 Å².